The normalized spacial score (nSPS) is 11.8. The molecule has 0 aromatic heterocycles. The zero-order chi connectivity index (χ0) is 15.7. The first-order chi connectivity index (χ1) is 10.1. The molecule has 0 spiro atoms. The zero-order valence-corrected chi connectivity index (χ0v) is 13.5. The van der Waals surface area contributed by atoms with Gasteiger partial charge in [0.15, 0.2) is 5.96 Å². The van der Waals surface area contributed by atoms with Gasteiger partial charge in [-0.15, -0.1) is 0 Å². The Morgan fingerprint density at radius 1 is 1.38 bits per heavy atom. The number of aliphatic imine (C=N–C) groups is 1. The molecular formula is C14H23ClN4O2. The number of nitrogens with two attached hydrogens (primary N) is 1. The number of benzene rings is 1. The maximum Gasteiger partial charge on any atom is 0.193 e. The molecule has 3 N–H and O–H groups in total. The van der Waals surface area contributed by atoms with E-state index in [-0.39, 0.29) is 0 Å². The van der Waals surface area contributed by atoms with Crippen LogP contribution in [-0.2, 0) is 4.74 Å². The second kappa shape index (κ2) is 9.44. The van der Waals surface area contributed by atoms with Crippen molar-refractivity contribution in [1.29, 1.82) is 0 Å². The van der Waals surface area contributed by atoms with Crippen molar-refractivity contribution in [2.75, 3.05) is 52.8 Å². The lowest BCUT2D eigenvalue weighted by molar-refractivity contribution is 0.163. The third-order valence-electron chi connectivity index (χ3n) is 2.87. The number of ether oxygens (including phenoxy) is 2. The van der Waals surface area contributed by atoms with Crippen LogP contribution >= 0.6 is 11.6 Å². The summed E-state index contributed by atoms with van der Waals surface area (Å²) in [5, 5.41) is 3.52. The molecule has 0 amide bonds. The minimum Gasteiger partial charge on any atom is -0.495 e. The molecule has 0 heterocycles. The summed E-state index contributed by atoms with van der Waals surface area (Å²) >= 11 is 6.04. The largest absolute Gasteiger partial charge is 0.495 e. The molecule has 0 aliphatic heterocycles. The van der Waals surface area contributed by atoms with Crippen LogP contribution in [0.15, 0.2) is 23.2 Å². The summed E-state index contributed by atoms with van der Waals surface area (Å²) in [6.45, 7) is 3.00. The van der Waals surface area contributed by atoms with E-state index in [0.29, 0.717) is 29.9 Å². The first-order valence-electron chi connectivity index (χ1n) is 6.64. The Hall–Kier alpha value is -1.50. The lowest BCUT2D eigenvalue weighted by Crippen LogP contribution is -2.28. The molecule has 118 valence electrons. The first-order valence-corrected chi connectivity index (χ1v) is 7.02. The number of nitrogens with zero attached hydrogens (tertiary/aromatic N) is 2. The van der Waals surface area contributed by atoms with Crippen LogP contribution in [0.2, 0.25) is 5.02 Å². The Morgan fingerprint density at radius 3 is 2.76 bits per heavy atom. The Balaban J connectivity index is 2.43. The van der Waals surface area contributed by atoms with E-state index in [1.165, 1.54) is 0 Å². The summed E-state index contributed by atoms with van der Waals surface area (Å²) in [4.78, 5) is 6.40. The average molecular weight is 315 g/mol. The maximum atomic E-state index is 6.04. The lowest BCUT2D eigenvalue weighted by atomic mass is 10.3. The number of halogens is 1. The third-order valence-corrected chi connectivity index (χ3v) is 3.16. The number of hydrogen-bond donors (Lipinski definition) is 2. The number of anilines is 1. The summed E-state index contributed by atoms with van der Waals surface area (Å²) < 4.78 is 10.1. The second-order valence-corrected chi connectivity index (χ2v) is 4.94. The second-order valence-electron chi connectivity index (χ2n) is 4.54. The van der Waals surface area contributed by atoms with Crippen molar-refractivity contribution in [2.45, 2.75) is 0 Å². The topological polar surface area (TPSA) is 72.1 Å². The van der Waals surface area contributed by atoms with E-state index in [0.717, 1.165) is 18.8 Å². The quantitative estimate of drug-likeness (QED) is 0.564. The van der Waals surface area contributed by atoms with Crippen molar-refractivity contribution in [3.05, 3.63) is 23.2 Å². The van der Waals surface area contributed by atoms with E-state index in [9.17, 15) is 0 Å². The fourth-order valence-electron chi connectivity index (χ4n) is 1.63. The van der Waals surface area contributed by atoms with Crippen LogP contribution in [0.25, 0.3) is 0 Å². The zero-order valence-electron chi connectivity index (χ0n) is 12.7. The van der Waals surface area contributed by atoms with Gasteiger partial charge in [0, 0.05) is 25.9 Å². The molecule has 0 aliphatic carbocycles. The van der Waals surface area contributed by atoms with Gasteiger partial charge in [-0.25, -0.2) is 0 Å². The summed E-state index contributed by atoms with van der Waals surface area (Å²) in [7, 11) is 5.28. The van der Waals surface area contributed by atoms with E-state index >= 15 is 0 Å². The van der Waals surface area contributed by atoms with Gasteiger partial charge in [-0.05, 0) is 25.2 Å². The van der Waals surface area contributed by atoms with Crippen molar-refractivity contribution in [3.63, 3.8) is 0 Å². The van der Waals surface area contributed by atoms with Crippen molar-refractivity contribution in [1.82, 2.24) is 4.90 Å². The Bertz CT molecular complexity index is 468. The number of hydrogen-bond acceptors (Lipinski definition) is 4. The summed E-state index contributed by atoms with van der Waals surface area (Å²) in [6.07, 6.45) is 0. The Labute approximate surface area is 130 Å². The molecular weight excluding hydrogens is 292 g/mol. The van der Waals surface area contributed by atoms with Gasteiger partial charge in [-0.2, -0.15) is 0 Å². The summed E-state index contributed by atoms with van der Waals surface area (Å²) in [5.41, 5.74) is 6.61. The molecule has 0 saturated heterocycles. The minimum atomic E-state index is 0.358. The van der Waals surface area contributed by atoms with Gasteiger partial charge in [-0.1, -0.05) is 11.6 Å². The number of methoxy groups -OCH3 is 2. The van der Waals surface area contributed by atoms with Crippen LogP contribution in [0, 0.1) is 0 Å². The average Bonchev–Trinajstić information content (AvgIpc) is 2.45. The smallest absolute Gasteiger partial charge is 0.193 e. The van der Waals surface area contributed by atoms with Gasteiger partial charge in [0.05, 0.1) is 25.3 Å². The van der Waals surface area contributed by atoms with E-state index in [2.05, 4.69) is 15.2 Å². The number of guanidine groups is 1. The van der Waals surface area contributed by atoms with Gasteiger partial charge >= 0.3 is 0 Å². The standard InChI is InChI=1S/C14H23ClN4O2/c1-19(8-9-20-2)7-6-17-14(16)18-11-4-5-13(21-3)12(15)10-11/h4-5,10H,6-9H2,1-3H3,(H3,16,17,18). The molecule has 1 aromatic carbocycles. The molecule has 0 unspecified atom stereocenters. The van der Waals surface area contributed by atoms with Gasteiger partial charge in [0.2, 0.25) is 0 Å². The Kier molecular flexibility index (Phi) is 7.89. The fourth-order valence-corrected chi connectivity index (χ4v) is 1.89. The molecule has 0 aliphatic rings. The highest BCUT2D eigenvalue weighted by molar-refractivity contribution is 6.32. The van der Waals surface area contributed by atoms with Crippen molar-refractivity contribution in [2.24, 2.45) is 10.7 Å². The highest BCUT2D eigenvalue weighted by atomic mass is 35.5. The van der Waals surface area contributed by atoms with Gasteiger partial charge in [0.1, 0.15) is 5.75 Å². The summed E-state index contributed by atoms with van der Waals surface area (Å²) in [6, 6.07) is 5.35. The number of rotatable bonds is 8. The van der Waals surface area contributed by atoms with E-state index in [1.54, 1.807) is 26.4 Å². The van der Waals surface area contributed by atoms with Crippen molar-refractivity contribution >= 4 is 23.2 Å². The van der Waals surface area contributed by atoms with E-state index < -0.39 is 0 Å². The van der Waals surface area contributed by atoms with Crippen molar-refractivity contribution < 1.29 is 9.47 Å². The Morgan fingerprint density at radius 2 is 2.14 bits per heavy atom. The van der Waals surface area contributed by atoms with E-state index in [4.69, 9.17) is 26.8 Å². The van der Waals surface area contributed by atoms with Crippen LogP contribution in [0.5, 0.6) is 5.75 Å². The monoisotopic (exact) mass is 314 g/mol. The molecule has 0 radical (unpaired) electrons. The molecule has 1 aromatic rings. The van der Waals surface area contributed by atoms with Gasteiger partial charge in [-0.3, -0.25) is 4.99 Å². The molecule has 6 nitrogen and oxygen atoms in total. The molecule has 7 heteroatoms. The highest BCUT2D eigenvalue weighted by Crippen LogP contribution is 2.26. The minimum absolute atomic E-state index is 0.358. The summed E-state index contributed by atoms with van der Waals surface area (Å²) in [5.74, 6) is 0.980. The SMILES string of the molecule is COCCN(C)CCN=C(N)Nc1ccc(OC)c(Cl)c1. The van der Waals surface area contributed by atoms with Gasteiger partial charge < -0.3 is 25.4 Å². The van der Waals surface area contributed by atoms with Crippen LogP contribution in [0.1, 0.15) is 0 Å². The number of nitrogens with one attached hydrogen (secondary N) is 1. The molecule has 0 saturated carbocycles. The fraction of sp³-hybridized carbons (Fsp3) is 0.500. The lowest BCUT2D eigenvalue weighted by Gasteiger charge is -2.14. The predicted octanol–water partition coefficient (Wildman–Crippen LogP) is 1.65. The first kappa shape index (κ1) is 17.6. The molecule has 0 fully saturated rings. The number of likely N-dealkylation sites (N-methyl/N-ethyl adjacent to an activating group) is 1. The molecule has 0 bridgehead atoms. The van der Waals surface area contributed by atoms with Crippen LogP contribution in [-0.4, -0.2) is 58.4 Å². The molecule has 21 heavy (non-hydrogen) atoms. The van der Waals surface area contributed by atoms with Crippen LogP contribution in [0.3, 0.4) is 0 Å². The predicted molar refractivity (Wildman–Crippen MR) is 87.5 cm³/mol. The highest BCUT2D eigenvalue weighted by Gasteiger charge is 2.02. The van der Waals surface area contributed by atoms with E-state index in [1.807, 2.05) is 13.1 Å². The van der Waals surface area contributed by atoms with Crippen LogP contribution < -0.4 is 15.8 Å². The van der Waals surface area contributed by atoms with Crippen LogP contribution in [0.4, 0.5) is 5.69 Å². The van der Waals surface area contributed by atoms with Crippen molar-refractivity contribution in [3.8, 4) is 5.75 Å². The molecule has 1 rings (SSSR count). The van der Waals surface area contributed by atoms with Gasteiger partial charge in [0.25, 0.3) is 0 Å². The molecule has 0 atom stereocenters. The third kappa shape index (κ3) is 6.66. The maximum absolute atomic E-state index is 6.04.